The highest BCUT2D eigenvalue weighted by atomic mass is 16.5. The third kappa shape index (κ3) is 3.82. The van der Waals surface area contributed by atoms with E-state index >= 15 is 0 Å². The molecule has 2 nitrogen and oxygen atoms in total. The molecule has 0 spiro atoms. The van der Waals surface area contributed by atoms with Gasteiger partial charge in [0.2, 0.25) is 0 Å². The molecule has 0 aliphatic carbocycles. The first-order chi connectivity index (χ1) is 2.50. The highest BCUT2D eigenvalue weighted by Gasteiger charge is 1.94. The summed E-state index contributed by atoms with van der Waals surface area (Å²) in [5, 5.41) is 0. The molecule has 1 heterocycles. The largest absolute Gasteiger partial charge is 0.381 e. The second kappa shape index (κ2) is 5.98. The Balaban J connectivity index is 0. The van der Waals surface area contributed by atoms with Crippen LogP contribution in [0.1, 0.15) is 12.8 Å². The van der Waals surface area contributed by atoms with Gasteiger partial charge in [-0.3, -0.25) is 0 Å². The second-order valence-electron chi connectivity index (χ2n) is 1.32. The van der Waals surface area contributed by atoms with Crippen molar-refractivity contribution >= 4 is 8.41 Å². The molecule has 0 aromatic carbocycles. The average Bonchev–Trinajstić information content (AvgIpc) is 1.76. The Morgan fingerprint density at radius 1 is 1.00 bits per heavy atom. The molecule has 0 aromatic rings. The molecule has 0 amide bonds. The minimum atomic E-state index is 0. The van der Waals surface area contributed by atoms with Crippen molar-refractivity contribution in [3.05, 3.63) is 0 Å². The van der Waals surface area contributed by atoms with Gasteiger partial charge in [0.25, 0.3) is 0 Å². The molecule has 1 aliphatic rings. The van der Waals surface area contributed by atoms with Crippen LogP contribution in [0.5, 0.6) is 0 Å². The van der Waals surface area contributed by atoms with Crippen molar-refractivity contribution in [2.45, 2.75) is 12.8 Å². The molecule has 0 atom stereocenters. The van der Waals surface area contributed by atoms with Crippen LogP contribution in [0.25, 0.3) is 0 Å². The molecule has 0 saturated carbocycles. The molecule has 1 saturated heterocycles. The van der Waals surface area contributed by atoms with Gasteiger partial charge in [0.1, 0.15) is 0 Å². The van der Waals surface area contributed by atoms with Crippen molar-refractivity contribution in [2.24, 2.45) is 0 Å². The summed E-state index contributed by atoms with van der Waals surface area (Å²) in [6.45, 7) is 2.00. The van der Waals surface area contributed by atoms with Gasteiger partial charge >= 0.3 is 0 Å². The Morgan fingerprint density at radius 3 is 1.57 bits per heavy atom. The van der Waals surface area contributed by atoms with Crippen LogP contribution < -0.4 is 6.15 Å². The van der Waals surface area contributed by atoms with E-state index in [1.54, 1.807) is 0 Å². The van der Waals surface area contributed by atoms with Gasteiger partial charge < -0.3 is 10.9 Å². The molecule has 1 rings (SSSR count). The van der Waals surface area contributed by atoms with E-state index in [-0.39, 0.29) is 14.6 Å². The van der Waals surface area contributed by atoms with E-state index in [1.807, 2.05) is 0 Å². The van der Waals surface area contributed by atoms with Crippen molar-refractivity contribution in [3.63, 3.8) is 0 Å². The Hall–Kier alpha value is -0.0151. The number of ether oxygens (including phenoxy) is 1. The predicted octanol–water partition coefficient (Wildman–Crippen LogP) is 0.578. The lowest BCUT2D eigenvalue weighted by Crippen LogP contribution is -1.74. The lowest BCUT2D eigenvalue weighted by molar-refractivity contribution is 0.198. The summed E-state index contributed by atoms with van der Waals surface area (Å²) >= 11 is 0. The summed E-state index contributed by atoms with van der Waals surface area (Å²) in [7, 11) is 0. The number of hydrogen-bond acceptors (Lipinski definition) is 2. The monoisotopic (exact) mass is 100 g/mol. The van der Waals surface area contributed by atoms with Gasteiger partial charge in [-0.15, -0.1) is 0 Å². The smallest absolute Gasteiger partial charge is 0.0466 e. The molecule has 0 aromatic heterocycles. The van der Waals surface area contributed by atoms with Crippen LogP contribution in [-0.2, 0) is 4.74 Å². The average molecular weight is 100.0 g/mol. The SMILES string of the molecule is C1CCOC1.N.[B]. The first-order valence-electron chi connectivity index (χ1n) is 2.08. The molecule has 7 heavy (non-hydrogen) atoms. The van der Waals surface area contributed by atoms with Crippen LogP contribution in [-0.4, -0.2) is 21.6 Å². The van der Waals surface area contributed by atoms with Crippen LogP contribution >= 0.6 is 0 Å². The van der Waals surface area contributed by atoms with Gasteiger partial charge in [0, 0.05) is 21.6 Å². The fourth-order valence-corrected chi connectivity index (χ4v) is 0.510. The van der Waals surface area contributed by atoms with Crippen molar-refractivity contribution in [2.75, 3.05) is 13.2 Å². The van der Waals surface area contributed by atoms with E-state index in [0.717, 1.165) is 13.2 Å². The maximum Gasteiger partial charge on any atom is 0.0466 e. The third-order valence-corrected chi connectivity index (χ3v) is 0.827. The van der Waals surface area contributed by atoms with Gasteiger partial charge in [0.05, 0.1) is 0 Å². The topological polar surface area (TPSA) is 44.2 Å². The molecule has 3 N–H and O–H groups in total. The van der Waals surface area contributed by atoms with Crippen LogP contribution in [0, 0.1) is 0 Å². The zero-order chi connectivity index (χ0) is 3.54. The molecule has 1 aliphatic heterocycles. The predicted molar refractivity (Wildman–Crippen MR) is 30.8 cm³/mol. The molecule has 3 heteroatoms. The Labute approximate surface area is 46.4 Å². The van der Waals surface area contributed by atoms with Gasteiger partial charge in [-0.1, -0.05) is 0 Å². The van der Waals surface area contributed by atoms with E-state index in [1.165, 1.54) is 12.8 Å². The lowest BCUT2D eigenvalue weighted by atomic mass is 10.4. The van der Waals surface area contributed by atoms with E-state index in [2.05, 4.69) is 0 Å². The Kier molecular flexibility index (Phi) is 8.61. The molecule has 0 unspecified atom stereocenters. The Bertz CT molecular complexity index is 23.3. The molecule has 0 bridgehead atoms. The second-order valence-corrected chi connectivity index (χ2v) is 1.32. The van der Waals surface area contributed by atoms with Gasteiger partial charge in [-0.05, 0) is 12.8 Å². The summed E-state index contributed by atoms with van der Waals surface area (Å²) in [5.74, 6) is 0. The summed E-state index contributed by atoms with van der Waals surface area (Å²) in [6.07, 6.45) is 2.56. The van der Waals surface area contributed by atoms with Gasteiger partial charge in [-0.25, -0.2) is 0 Å². The number of rotatable bonds is 0. The zero-order valence-electron chi connectivity index (χ0n) is 4.52. The van der Waals surface area contributed by atoms with Gasteiger partial charge in [-0.2, -0.15) is 0 Å². The maximum absolute atomic E-state index is 4.94. The van der Waals surface area contributed by atoms with Gasteiger partial charge in [0.15, 0.2) is 0 Å². The molecule has 1 fully saturated rings. The summed E-state index contributed by atoms with van der Waals surface area (Å²) in [6, 6.07) is 0. The molecule has 41 valence electrons. The van der Waals surface area contributed by atoms with Crippen molar-refractivity contribution in [3.8, 4) is 0 Å². The maximum atomic E-state index is 4.94. The van der Waals surface area contributed by atoms with Crippen LogP contribution in [0.3, 0.4) is 0 Å². The Morgan fingerprint density at radius 2 is 1.43 bits per heavy atom. The normalized spacial score (nSPS) is 17.1. The fraction of sp³-hybridized carbons (Fsp3) is 1.00. The first kappa shape index (κ1) is 10.1. The van der Waals surface area contributed by atoms with Crippen molar-refractivity contribution in [1.82, 2.24) is 6.15 Å². The zero-order valence-corrected chi connectivity index (χ0v) is 4.52. The minimum absolute atomic E-state index is 0. The van der Waals surface area contributed by atoms with E-state index in [0.29, 0.717) is 0 Å². The highest BCUT2D eigenvalue weighted by molar-refractivity contribution is 5.75. The minimum Gasteiger partial charge on any atom is -0.381 e. The van der Waals surface area contributed by atoms with E-state index < -0.39 is 0 Å². The van der Waals surface area contributed by atoms with E-state index in [4.69, 9.17) is 4.74 Å². The molecular weight excluding hydrogens is 88.9 g/mol. The first-order valence-corrected chi connectivity index (χ1v) is 2.08. The standard InChI is InChI=1S/C4H8O.B.H3N/c1-2-4-5-3-1;;/h1-4H2;;1H3. The lowest BCUT2D eigenvalue weighted by Gasteiger charge is -1.76. The van der Waals surface area contributed by atoms with E-state index in [9.17, 15) is 0 Å². The summed E-state index contributed by atoms with van der Waals surface area (Å²) < 4.78 is 4.94. The highest BCUT2D eigenvalue weighted by Crippen LogP contribution is 1.98. The number of hydrogen-bond donors (Lipinski definition) is 1. The van der Waals surface area contributed by atoms with Crippen molar-refractivity contribution < 1.29 is 4.74 Å². The quantitative estimate of drug-likeness (QED) is 0.452. The molecular formula is C4H11BNO. The van der Waals surface area contributed by atoms with Crippen molar-refractivity contribution in [1.29, 1.82) is 0 Å². The van der Waals surface area contributed by atoms with Crippen LogP contribution in [0.2, 0.25) is 0 Å². The van der Waals surface area contributed by atoms with Crippen LogP contribution in [0.4, 0.5) is 0 Å². The summed E-state index contributed by atoms with van der Waals surface area (Å²) in [5.41, 5.74) is 0. The van der Waals surface area contributed by atoms with Crippen LogP contribution in [0.15, 0.2) is 0 Å². The third-order valence-electron chi connectivity index (χ3n) is 0.827. The molecule has 3 radical (unpaired) electrons. The summed E-state index contributed by atoms with van der Waals surface area (Å²) in [4.78, 5) is 0. The fourth-order valence-electron chi connectivity index (χ4n) is 0.510.